The molecule has 0 bridgehead atoms. The second-order valence-corrected chi connectivity index (χ2v) is 12.0. The highest BCUT2D eigenvalue weighted by Crippen LogP contribution is 2.47. The molecule has 0 amide bonds. The van der Waals surface area contributed by atoms with E-state index in [0.717, 1.165) is 93.6 Å². The van der Waals surface area contributed by atoms with Crippen LogP contribution in [-0.2, 0) is 0 Å². The fourth-order valence-corrected chi connectivity index (χ4v) is 7.43. The van der Waals surface area contributed by atoms with Crippen molar-refractivity contribution in [2.45, 2.75) is 0 Å². The quantitative estimate of drug-likeness (QED) is 0.203. The van der Waals surface area contributed by atoms with Crippen LogP contribution in [0.4, 0.5) is 0 Å². The van der Waals surface area contributed by atoms with Crippen LogP contribution >= 0.6 is 0 Å². The number of furan rings is 2. The van der Waals surface area contributed by atoms with Gasteiger partial charge in [-0.2, -0.15) is 5.26 Å². The maximum absolute atomic E-state index is 9.69. The molecule has 0 N–H and O–H groups in total. The zero-order valence-corrected chi connectivity index (χ0v) is 25.1. The number of para-hydroxylation sites is 3. The molecule has 0 aliphatic heterocycles. The van der Waals surface area contributed by atoms with Crippen LogP contribution in [0.15, 0.2) is 154 Å². The highest BCUT2D eigenvalue weighted by molar-refractivity contribution is 6.22. The predicted octanol–water partition coefficient (Wildman–Crippen LogP) is 11.8. The minimum absolute atomic E-state index is 0.639. The van der Waals surface area contributed by atoms with Crippen molar-refractivity contribution in [3.05, 3.63) is 151 Å². The molecule has 7 aromatic carbocycles. The zero-order valence-electron chi connectivity index (χ0n) is 25.1. The number of hydrogen-bond donors (Lipinski definition) is 0. The monoisotopic (exact) mass is 600 g/mol. The van der Waals surface area contributed by atoms with Crippen LogP contribution in [-0.4, -0.2) is 4.57 Å². The summed E-state index contributed by atoms with van der Waals surface area (Å²) >= 11 is 0. The van der Waals surface area contributed by atoms with Gasteiger partial charge in [0.2, 0.25) is 0 Å². The number of benzene rings is 7. The van der Waals surface area contributed by atoms with Crippen LogP contribution in [0, 0.1) is 11.3 Å². The highest BCUT2D eigenvalue weighted by atomic mass is 16.3. The van der Waals surface area contributed by atoms with Crippen LogP contribution in [0.5, 0.6) is 0 Å². The maximum atomic E-state index is 9.69. The summed E-state index contributed by atoms with van der Waals surface area (Å²) in [5, 5.41) is 16.1. The van der Waals surface area contributed by atoms with Gasteiger partial charge < -0.3 is 13.4 Å². The summed E-state index contributed by atoms with van der Waals surface area (Å²) in [5.74, 6) is 0. The molecule has 4 heteroatoms. The molecule has 10 rings (SSSR count). The summed E-state index contributed by atoms with van der Waals surface area (Å²) in [5.41, 5.74) is 11.4. The van der Waals surface area contributed by atoms with Crippen molar-refractivity contribution >= 4 is 65.7 Å². The Morgan fingerprint density at radius 1 is 0.468 bits per heavy atom. The van der Waals surface area contributed by atoms with Gasteiger partial charge in [-0.3, -0.25) is 0 Å². The van der Waals surface area contributed by atoms with Gasteiger partial charge in [-0.05, 0) is 65.2 Å². The van der Waals surface area contributed by atoms with Gasteiger partial charge in [-0.25, -0.2) is 0 Å². The largest absolute Gasteiger partial charge is 0.456 e. The number of hydrogen-bond acceptors (Lipinski definition) is 3. The first-order valence-electron chi connectivity index (χ1n) is 15.7. The van der Waals surface area contributed by atoms with E-state index in [0.29, 0.717) is 5.56 Å². The van der Waals surface area contributed by atoms with E-state index in [1.165, 1.54) is 0 Å². The van der Waals surface area contributed by atoms with E-state index in [1.807, 2.05) is 48.5 Å². The lowest BCUT2D eigenvalue weighted by atomic mass is 9.92. The fourth-order valence-electron chi connectivity index (χ4n) is 7.43. The second-order valence-electron chi connectivity index (χ2n) is 12.0. The van der Waals surface area contributed by atoms with Crippen molar-refractivity contribution in [1.82, 2.24) is 4.57 Å². The predicted molar refractivity (Wildman–Crippen MR) is 191 cm³/mol. The van der Waals surface area contributed by atoms with Gasteiger partial charge in [-0.15, -0.1) is 0 Å². The molecule has 0 saturated heterocycles. The summed E-state index contributed by atoms with van der Waals surface area (Å²) in [6.07, 6.45) is 0. The molecule has 0 radical (unpaired) electrons. The molecule has 4 nitrogen and oxygen atoms in total. The molecule has 0 saturated carbocycles. The molecule has 0 fully saturated rings. The van der Waals surface area contributed by atoms with Crippen molar-refractivity contribution in [2.24, 2.45) is 0 Å². The van der Waals surface area contributed by atoms with Crippen LogP contribution in [0.25, 0.3) is 93.6 Å². The molecule has 10 aromatic rings. The molecule has 3 heterocycles. The molecule has 47 heavy (non-hydrogen) atoms. The molecule has 0 unspecified atom stereocenters. The lowest BCUT2D eigenvalue weighted by Crippen LogP contribution is -1.94. The second kappa shape index (κ2) is 9.71. The molecule has 218 valence electrons. The minimum Gasteiger partial charge on any atom is -0.456 e. The van der Waals surface area contributed by atoms with Gasteiger partial charge >= 0.3 is 0 Å². The van der Waals surface area contributed by atoms with E-state index in [2.05, 4.69) is 108 Å². The van der Waals surface area contributed by atoms with Crippen molar-refractivity contribution in [1.29, 1.82) is 5.26 Å². The van der Waals surface area contributed by atoms with Crippen LogP contribution in [0.2, 0.25) is 0 Å². The Balaban J connectivity index is 1.35. The van der Waals surface area contributed by atoms with Crippen molar-refractivity contribution in [3.8, 4) is 34.0 Å². The molecule has 0 atom stereocenters. The normalized spacial score (nSPS) is 11.8. The lowest BCUT2D eigenvalue weighted by Gasteiger charge is -2.10. The van der Waals surface area contributed by atoms with Gasteiger partial charge in [0.25, 0.3) is 0 Å². The van der Waals surface area contributed by atoms with Crippen molar-refractivity contribution in [2.75, 3.05) is 0 Å². The number of nitrogens with zero attached hydrogens (tertiary/aromatic N) is 2. The third-order valence-corrected chi connectivity index (χ3v) is 9.45. The third kappa shape index (κ3) is 3.63. The first kappa shape index (κ1) is 25.7. The van der Waals surface area contributed by atoms with Gasteiger partial charge in [-0.1, -0.05) is 97.1 Å². The Kier molecular flexibility index (Phi) is 5.32. The van der Waals surface area contributed by atoms with E-state index in [1.54, 1.807) is 0 Å². The van der Waals surface area contributed by atoms with Crippen LogP contribution in [0.3, 0.4) is 0 Å². The number of nitriles is 1. The maximum Gasteiger partial charge on any atom is 0.159 e. The lowest BCUT2D eigenvalue weighted by molar-refractivity contribution is 0.667. The summed E-state index contributed by atoms with van der Waals surface area (Å²) in [6.45, 7) is 0. The molecule has 0 aliphatic carbocycles. The van der Waals surface area contributed by atoms with Gasteiger partial charge in [0, 0.05) is 37.9 Å². The highest BCUT2D eigenvalue weighted by Gasteiger charge is 2.23. The van der Waals surface area contributed by atoms with E-state index >= 15 is 0 Å². The van der Waals surface area contributed by atoms with Crippen molar-refractivity contribution < 1.29 is 8.83 Å². The van der Waals surface area contributed by atoms with Gasteiger partial charge in [0.1, 0.15) is 16.7 Å². The fraction of sp³-hybridized carbons (Fsp3) is 0. The first-order valence-corrected chi connectivity index (χ1v) is 15.7. The summed E-state index contributed by atoms with van der Waals surface area (Å²) in [4.78, 5) is 0. The van der Waals surface area contributed by atoms with E-state index in [-0.39, 0.29) is 0 Å². The number of aromatic nitrogens is 1. The Morgan fingerprint density at radius 2 is 1.17 bits per heavy atom. The molecule has 3 aromatic heterocycles. The number of fused-ring (bicyclic) bond motifs is 9. The van der Waals surface area contributed by atoms with Gasteiger partial charge in [0.05, 0.1) is 28.4 Å². The smallest absolute Gasteiger partial charge is 0.159 e. The average Bonchev–Trinajstić information content (AvgIpc) is 3.81. The van der Waals surface area contributed by atoms with E-state index in [4.69, 9.17) is 8.83 Å². The first-order chi connectivity index (χ1) is 23.3. The topological polar surface area (TPSA) is 55.0 Å². The summed E-state index contributed by atoms with van der Waals surface area (Å²) in [7, 11) is 0. The molecule has 0 aliphatic rings. The molecular formula is C43H24N2O2. The zero-order chi connectivity index (χ0) is 31.1. The van der Waals surface area contributed by atoms with Crippen molar-refractivity contribution in [3.63, 3.8) is 0 Å². The average molecular weight is 601 g/mol. The van der Waals surface area contributed by atoms with Gasteiger partial charge in [0.15, 0.2) is 5.58 Å². The van der Waals surface area contributed by atoms with E-state index < -0.39 is 0 Å². The SMILES string of the molecule is N#Cc1ccc2c(c1)c1ccccc1n2-c1cccc2c1oc1c(-c3ccccc3)ccc(-c3cccc4oc5ccccc5c34)c12. The van der Waals surface area contributed by atoms with Crippen LogP contribution < -0.4 is 0 Å². The minimum atomic E-state index is 0.639. The standard InChI is InChI=1S/C43H24N2O2/c44-25-26-20-23-36-34(24-26)29-12-4-6-16-35(29)45(36)37-17-8-15-33-41-31(22-21-28(43(41)47-42(33)37)27-10-2-1-3-11-27)30-14-9-19-39-40(30)32-13-5-7-18-38(32)46-39/h1-24H. The Labute approximate surface area is 268 Å². The Bertz CT molecular complexity index is 2920. The summed E-state index contributed by atoms with van der Waals surface area (Å²) < 4.78 is 15.7. The third-order valence-electron chi connectivity index (χ3n) is 9.45. The number of rotatable bonds is 3. The molecule has 0 spiro atoms. The molecular weight excluding hydrogens is 576 g/mol. The Morgan fingerprint density at radius 3 is 2.06 bits per heavy atom. The van der Waals surface area contributed by atoms with Crippen LogP contribution in [0.1, 0.15) is 5.56 Å². The Hall–Kier alpha value is -6.57. The summed E-state index contributed by atoms with van der Waals surface area (Å²) in [6, 6.07) is 52.4. The van der Waals surface area contributed by atoms with E-state index in [9.17, 15) is 5.26 Å².